The number of rotatable bonds is 2. The lowest BCUT2D eigenvalue weighted by molar-refractivity contribution is -0.141. The summed E-state index contributed by atoms with van der Waals surface area (Å²) in [5.74, 6) is -1.80. The van der Waals surface area contributed by atoms with Gasteiger partial charge in [0.15, 0.2) is 0 Å². The zero-order valence-corrected chi connectivity index (χ0v) is 13.5. The van der Waals surface area contributed by atoms with E-state index in [1.54, 1.807) is 4.90 Å². The number of halogens is 2. The van der Waals surface area contributed by atoms with Gasteiger partial charge in [-0.1, -0.05) is 6.07 Å². The molecule has 3 rings (SSSR count). The number of nitrogens with zero attached hydrogens (tertiary/aromatic N) is 3. The quantitative estimate of drug-likeness (QED) is 0.840. The number of alkyl halides is 2. The number of hydrogen-bond acceptors (Lipinski definition) is 3. The molecule has 2 fully saturated rings. The van der Waals surface area contributed by atoms with Crippen LogP contribution in [0.15, 0.2) is 18.2 Å². The fourth-order valence-electron chi connectivity index (χ4n) is 3.40. The Kier molecular flexibility index (Phi) is 4.50. The second-order valence-electron chi connectivity index (χ2n) is 6.60. The van der Waals surface area contributed by atoms with Crippen LogP contribution in [-0.4, -0.2) is 47.9 Å². The van der Waals surface area contributed by atoms with Gasteiger partial charge in [0.05, 0.1) is 5.92 Å². The number of carbonyl (C=O) groups is 1. The molecule has 126 valence electrons. The first-order valence-corrected chi connectivity index (χ1v) is 8.30. The van der Waals surface area contributed by atoms with Gasteiger partial charge in [-0.3, -0.25) is 4.79 Å². The minimum absolute atomic E-state index is 0.0258. The Hall–Kier alpha value is -1.72. The first-order chi connectivity index (χ1) is 10.9. The molecule has 0 aromatic carbocycles. The predicted molar refractivity (Wildman–Crippen MR) is 84.7 cm³/mol. The van der Waals surface area contributed by atoms with Crippen molar-refractivity contribution in [3.8, 4) is 0 Å². The molecule has 2 aliphatic heterocycles. The molecular formula is C17H23F2N3O. The molecule has 2 saturated heterocycles. The van der Waals surface area contributed by atoms with E-state index in [0.29, 0.717) is 6.54 Å². The van der Waals surface area contributed by atoms with Crippen molar-refractivity contribution in [1.29, 1.82) is 0 Å². The van der Waals surface area contributed by atoms with Crippen molar-refractivity contribution >= 4 is 11.7 Å². The third kappa shape index (κ3) is 3.79. The lowest BCUT2D eigenvalue weighted by atomic mass is 9.95. The average Bonchev–Trinajstić information content (AvgIpc) is 2.54. The van der Waals surface area contributed by atoms with E-state index in [9.17, 15) is 13.6 Å². The maximum atomic E-state index is 13.3. The van der Waals surface area contributed by atoms with Crippen LogP contribution in [0.25, 0.3) is 0 Å². The minimum atomic E-state index is -2.61. The van der Waals surface area contributed by atoms with Crippen LogP contribution in [0, 0.1) is 12.8 Å². The second-order valence-corrected chi connectivity index (χ2v) is 6.60. The second kappa shape index (κ2) is 6.42. The number of anilines is 1. The summed E-state index contributed by atoms with van der Waals surface area (Å²) < 4.78 is 26.5. The maximum absolute atomic E-state index is 13.3. The Bertz CT molecular complexity index is 569. The molecule has 1 atom stereocenters. The highest BCUT2D eigenvalue weighted by molar-refractivity contribution is 5.80. The zero-order chi connectivity index (χ0) is 16.4. The molecular weight excluding hydrogens is 300 g/mol. The van der Waals surface area contributed by atoms with E-state index in [-0.39, 0.29) is 37.8 Å². The molecule has 1 amide bonds. The van der Waals surface area contributed by atoms with Gasteiger partial charge in [-0.25, -0.2) is 13.8 Å². The Morgan fingerprint density at radius 3 is 2.70 bits per heavy atom. The number of likely N-dealkylation sites (tertiary alicyclic amines) is 1. The van der Waals surface area contributed by atoms with Crippen molar-refractivity contribution in [3.05, 3.63) is 23.9 Å². The van der Waals surface area contributed by atoms with Gasteiger partial charge in [0.25, 0.3) is 5.92 Å². The number of aromatic nitrogens is 1. The highest BCUT2D eigenvalue weighted by Crippen LogP contribution is 2.30. The third-order valence-electron chi connectivity index (χ3n) is 4.77. The van der Waals surface area contributed by atoms with E-state index >= 15 is 0 Å². The molecule has 6 heteroatoms. The van der Waals surface area contributed by atoms with Gasteiger partial charge in [-0.15, -0.1) is 0 Å². The zero-order valence-electron chi connectivity index (χ0n) is 13.5. The lowest BCUT2D eigenvalue weighted by Gasteiger charge is -2.38. The van der Waals surface area contributed by atoms with E-state index in [1.165, 1.54) is 0 Å². The van der Waals surface area contributed by atoms with Gasteiger partial charge in [0.2, 0.25) is 5.91 Å². The molecule has 0 aliphatic carbocycles. The van der Waals surface area contributed by atoms with Crippen LogP contribution in [-0.2, 0) is 4.79 Å². The van der Waals surface area contributed by atoms with Gasteiger partial charge in [0.1, 0.15) is 5.82 Å². The number of pyridine rings is 1. The summed E-state index contributed by atoms with van der Waals surface area (Å²) in [4.78, 5) is 20.9. The fourth-order valence-corrected chi connectivity index (χ4v) is 3.40. The molecule has 0 saturated carbocycles. The maximum Gasteiger partial charge on any atom is 0.251 e. The molecule has 0 N–H and O–H groups in total. The molecule has 3 heterocycles. The summed E-state index contributed by atoms with van der Waals surface area (Å²) >= 11 is 0. The third-order valence-corrected chi connectivity index (χ3v) is 4.77. The Labute approximate surface area is 135 Å². The van der Waals surface area contributed by atoms with Crippen molar-refractivity contribution in [1.82, 2.24) is 9.88 Å². The fraction of sp³-hybridized carbons (Fsp3) is 0.647. The van der Waals surface area contributed by atoms with Crippen LogP contribution in [0.3, 0.4) is 0 Å². The first kappa shape index (κ1) is 16.1. The lowest BCUT2D eigenvalue weighted by Crippen LogP contribution is -2.49. The van der Waals surface area contributed by atoms with Crippen LogP contribution in [0.2, 0.25) is 0 Å². The van der Waals surface area contributed by atoms with Crippen molar-refractivity contribution < 1.29 is 13.6 Å². The van der Waals surface area contributed by atoms with Crippen LogP contribution < -0.4 is 4.90 Å². The highest BCUT2D eigenvalue weighted by atomic mass is 19.3. The van der Waals surface area contributed by atoms with E-state index in [2.05, 4.69) is 9.88 Å². The van der Waals surface area contributed by atoms with Crippen LogP contribution in [0.5, 0.6) is 0 Å². The van der Waals surface area contributed by atoms with Crippen LogP contribution in [0.4, 0.5) is 14.6 Å². The number of hydrogen-bond donors (Lipinski definition) is 0. The molecule has 23 heavy (non-hydrogen) atoms. The molecule has 2 aliphatic rings. The Morgan fingerprint density at radius 1 is 1.26 bits per heavy atom. The number of amides is 1. The summed E-state index contributed by atoms with van der Waals surface area (Å²) in [6, 6.07) is 5.88. The van der Waals surface area contributed by atoms with E-state index in [4.69, 9.17) is 0 Å². The van der Waals surface area contributed by atoms with E-state index < -0.39 is 5.92 Å². The predicted octanol–water partition coefficient (Wildman–Crippen LogP) is 2.86. The van der Waals surface area contributed by atoms with Gasteiger partial charge >= 0.3 is 0 Å². The van der Waals surface area contributed by atoms with Gasteiger partial charge in [0, 0.05) is 44.7 Å². The van der Waals surface area contributed by atoms with Crippen LogP contribution >= 0.6 is 0 Å². The van der Waals surface area contributed by atoms with Crippen molar-refractivity contribution in [2.24, 2.45) is 5.92 Å². The van der Waals surface area contributed by atoms with Gasteiger partial charge < -0.3 is 9.80 Å². The molecule has 1 aromatic rings. The highest BCUT2D eigenvalue weighted by Gasteiger charge is 2.38. The van der Waals surface area contributed by atoms with E-state index in [0.717, 1.165) is 30.9 Å². The van der Waals surface area contributed by atoms with Gasteiger partial charge in [-0.2, -0.15) is 0 Å². The number of piperidine rings is 2. The largest absolute Gasteiger partial charge is 0.356 e. The molecule has 0 radical (unpaired) electrons. The normalized spacial score (nSPS) is 24.6. The van der Waals surface area contributed by atoms with Crippen molar-refractivity contribution in [2.75, 3.05) is 31.1 Å². The minimum Gasteiger partial charge on any atom is -0.356 e. The van der Waals surface area contributed by atoms with Crippen molar-refractivity contribution in [2.45, 2.75) is 38.5 Å². The van der Waals surface area contributed by atoms with Crippen LogP contribution in [0.1, 0.15) is 31.4 Å². The number of aryl methyl sites for hydroxylation is 1. The molecule has 4 nitrogen and oxygen atoms in total. The Balaban J connectivity index is 1.63. The van der Waals surface area contributed by atoms with Crippen molar-refractivity contribution in [3.63, 3.8) is 0 Å². The standard InChI is InChI=1S/C17H23F2N3O/c1-13-4-2-6-15(20-13)22-9-3-5-14(12-22)16(23)21-10-7-17(18,19)8-11-21/h2,4,6,14H,3,5,7-12H2,1H3. The smallest absolute Gasteiger partial charge is 0.251 e. The average molecular weight is 323 g/mol. The summed E-state index contributed by atoms with van der Waals surface area (Å²) in [6.45, 7) is 3.81. The molecule has 0 spiro atoms. The topological polar surface area (TPSA) is 36.4 Å². The first-order valence-electron chi connectivity index (χ1n) is 8.30. The molecule has 1 unspecified atom stereocenters. The van der Waals surface area contributed by atoms with Gasteiger partial charge in [-0.05, 0) is 31.9 Å². The molecule has 0 bridgehead atoms. The number of carbonyl (C=O) groups excluding carboxylic acids is 1. The Morgan fingerprint density at radius 2 is 2.00 bits per heavy atom. The summed E-state index contributed by atoms with van der Waals surface area (Å²) in [7, 11) is 0. The van der Waals surface area contributed by atoms with E-state index in [1.807, 2.05) is 25.1 Å². The summed E-state index contributed by atoms with van der Waals surface area (Å²) in [6.07, 6.45) is 1.33. The molecule has 1 aromatic heterocycles. The summed E-state index contributed by atoms with van der Waals surface area (Å²) in [5, 5.41) is 0. The summed E-state index contributed by atoms with van der Waals surface area (Å²) in [5.41, 5.74) is 0.953. The SMILES string of the molecule is Cc1cccc(N2CCCC(C(=O)N3CCC(F)(F)CC3)C2)n1. The monoisotopic (exact) mass is 323 g/mol.